The van der Waals surface area contributed by atoms with Gasteiger partial charge in [0.25, 0.3) is 0 Å². The van der Waals surface area contributed by atoms with Gasteiger partial charge in [0.1, 0.15) is 17.5 Å². The molecule has 0 spiro atoms. The molecule has 0 saturated carbocycles. The van der Waals surface area contributed by atoms with Crippen molar-refractivity contribution < 1.29 is 13.2 Å². The summed E-state index contributed by atoms with van der Waals surface area (Å²) in [5.74, 6) is -1.45. The minimum absolute atomic E-state index is 0.141. The SMILES string of the molecule is CNC(c1cc(F)c(C)cc1F)c1cc(F)ccc1Br. The highest BCUT2D eigenvalue weighted by Gasteiger charge is 2.20. The second-order valence-electron chi connectivity index (χ2n) is 4.51. The van der Waals surface area contributed by atoms with Gasteiger partial charge in [-0.3, -0.25) is 0 Å². The van der Waals surface area contributed by atoms with Crippen molar-refractivity contribution in [2.24, 2.45) is 0 Å². The van der Waals surface area contributed by atoms with Crippen molar-refractivity contribution in [2.45, 2.75) is 13.0 Å². The molecule has 0 bridgehead atoms. The molecule has 2 aromatic carbocycles. The van der Waals surface area contributed by atoms with Crippen LogP contribution in [-0.2, 0) is 0 Å². The Kier molecular flexibility index (Phi) is 4.50. The number of hydrogen-bond acceptors (Lipinski definition) is 1. The zero-order valence-corrected chi connectivity index (χ0v) is 12.6. The van der Waals surface area contributed by atoms with E-state index >= 15 is 0 Å². The summed E-state index contributed by atoms with van der Waals surface area (Å²) in [7, 11) is 1.61. The molecule has 1 unspecified atom stereocenters. The Morgan fingerprint density at radius 3 is 2.35 bits per heavy atom. The molecule has 106 valence electrons. The van der Waals surface area contributed by atoms with Crippen molar-refractivity contribution in [2.75, 3.05) is 7.05 Å². The maximum atomic E-state index is 14.1. The van der Waals surface area contributed by atoms with Gasteiger partial charge >= 0.3 is 0 Å². The van der Waals surface area contributed by atoms with Crippen LogP contribution in [0.1, 0.15) is 22.7 Å². The number of nitrogens with one attached hydrogen (secondary N) is 1. The van der Waals surface area contributed by atoms with Gasteiger partial charge in [-0.15, -0.1) is 0 Å². The van der Waals surface area contributed by atoms with Gasteiger partial charge in [-0.2, -0.15) is 0 Å². The molecule has 0 aliphatic carbocycles. The molecule has 0 heterocycles. The van der Waals surface area contributed by atoms with Crippen molar-refractivity contribution in [3.8, 4) is 0 Å². The van der Waals surface area contributed by atoms with E-state index in [4.69, 9.17) is 0 Å². The molecule has 1 N–H and O–H groups in total. The van der Waals surface area contributed by atoms with Crippen LogP contribution >= 0.6 is 15.9 Å². The third-order valence-corrected chi connectivity index (χ3v) is 3.87. The normalized spacial score (nSPS) is 12.5. The average Bonchev–Trinajstić information content (AvgIpc) is 2.40. The second kappa shape index (κ2) is 5.97. The van der Waals surface area contributed by atoms with Crippen LogP contribution < -0.4 is 5.32 Å². The molecule has 2 aromatic rings. The summed E-state index contributed by atoms with van der Waals surface area (Å²) in [6.07, 6.45) is 0. The van der Waals surface area contributed by atoms with Gasteiger partial charge in [0, 0.05) is 10.0 Å². The van der Waals surface area contributed by atoms with Crippen molar-refractivity contribution >= 4 is 15.9 Å². The molecule has 2 rings (SSSR count). The predicted molar refractivity (Wildman–Crippen MR) is 76.1 cm³/mol. The first-order chi connectivity index (χ1) is 9.43. The first-order valence-electron chi connectivity index (χ1n) is 6.01. The molecule has 5 heteroatoms. The number of benzene rings is 2. The molecule has 0 aromatic heterocycles. The van der Waals surface area contributed by atoms with Crippen LogP contribution in [0, 0.1) is 24.4 Å². The Morgan fingerprint density at radius 2 is 1.70 bits per heavy atom. The van der Waals surface area contributed by atoms with Gasteiger partial charge in [-0.1, -0.05) is 15.9 Å². The van der Waals surface area contributed by atoms with Crippen LogP contribution in [0.4, 0.5) is 13.2 Å². The summed E-state index contributed by atoms with van der Waals surface area (Å²) in [5, 5.41) is 2.89. The van der Waals surface area contributed by atoms with E-state index < -0.39 is 23.5 Å². The number of halogens is 4. The lowest BCUT2D eigenvalue weighted by Crippen LogP contribution is -2.20. The van der Waals surface area contributed by atoms with Crippen LogP contribution in [-0.4, -0.2) is 7.05 Å². The van der Waals surface area contributed by atoms with Gasteiger partial charge in [-0.05, 0) is 55.4 Å². The number of aryl methyl sites for hydroxylation is 1. The van der Waals surface area contributed by atoms with E-state index in [9.17, 15) is 13.2 Å². The number of hydrogen-bond donors (Lipinski definition) is 1. The van der Waals surface area contributed by atoms with Crippen molar-refractivity contribution in [1.29, 1.82) is 0 Å². The summed E-state index contributed by atoms with van der Waals surface area (Å²) in [6, 6.07) is 5.77. The highest BCUT2D eigenvalue weighted by molar-refractivity contribution is 9.10. The fourth-order valence-corrected chi connectivity index (χ4v) is 2.57. The Balaban J connectivity index is 2.58. The monoisotopic (exact) mass is 343 g/mol. The van der Waals surface area contributed by atoms with E-state index in [1.54, 1.807) is 7.05 Å². The highest BCUT2D eigenvalue weighted by Crippen LogP contribution is 2.31. The first kappa shape index (κ1) is 15.1. The zero-order chi connectivity index (χ0) is 14.9. The molecular formula is C15H13BrF3N. The van der Waals surface area contributed by atoms with E-state index in [0.717, 1.165) is 12.1 Å². The molecule has 0 aliphatic rings. The van der Waals surface area contributed by atoms with Gasteiger partial charge in [0.15, 0.2) is 0 Å². The lowest BCUT2D eigenvalue weighted by Gasteiger charge is -2.20. The maximum Gasteiger partial charge on any atom is 0.128 e. The summed E-state index contributed by atoms with van der Waals surface area (Å²) in [6.45, 7) is 1.49. The quantitative estimate of drug-likeness (QED) is 0.866. The lowest BCUT2D eigenvalue weighted by molar-refractivity contribution is 0.550. The summed E-state index contributed by atoms with van der Waals surface area (Å²) < 4.78 is 41.8. The van der Waals surface area contributed by atoms with Gasteiger partial charge in [0.05, 0.1) is 6.04 Å². The zero-order valence-electron chi connectivity index (χ0n) is 11.0. The fourth-order valence-electron chi connectivity index (χ4n) is 2.10. The van der Waals surface area contributed by atoms with Crippen molar-refractivity contribution in [3.63, 3.8) is 0 Å². The van der Waals surface area contributed by atoms with E-state index in [1.165, 1.54) is 25.1 Å². The summed E-state index contributed by atoms with van der Waals surface area (Å²) >= 11 is 3.30. The Morgan fingerprint density at radius 1 is 1.00 bits per heavy atom. The highest BCUT2D eigenvalue weighted by atomic mass is 79.9. The maximum absolute atomic E-state index is 14.1. The molecule has 0 aliphatic heterocycles. The average molecular weight is 344 g/mol. The molecule has 0 radical (unpaired) electrons. The molecule has 0 saturated heterocycles. The minimum Gasteiger partial charge on any atom is -0.309 e. The largest absolute Gasteiger partial charge is 0.309 e. The first-order valence-corrected chi connectivity index (χ1v) is 6.81. The standard InChI is InChI=1S/C15H13BrF3N/c1-8-5-14(19)11(7-13(8)18)15(20-2)10-6-9(17)3-4-12(10)16/h3-7,15,20H,1-2H3. The number of rotatable bonds is 3. The van der Waals surface area contributed by atoms with E-state index in [0.29, 0.717) is 10.0 Å². The fraction of sp³-hybridized carbons (Fsp3) is 0.200. The minimum atomic E-state index is -0.643. The van der Waals surface area contributed by atoms with Gasteiger partial charge < -0.3 is 5.32 Å². The molecule has 1 atom stereocenters. The molecule has 0 fully saturated rings. The van der Waals surface area contributed by atoms with Gasteiger partial charge in [-0.25, -0.2) is 13.2 Å². The van der Waals surface area contributed by atoms with Crippen LogP contribution in [0.15, 0.2) is 34.8 Å². The molecule has 1 nitrogen and oxygen atoms in total. The van der Waals surface area contributed by atoms with E-state index in [2.05, 4.69) is 21.2 Å². The van der Waals surface area contributed by atoms with E-state index in [1.807, 2.05) is 0 Å². The summed E-state index contributed by atoms with van der Waals surface area (Å²) in [4.78, 5) is 0. The predicted octanol–water partition coefficient (Wildman–Crippen LogP) is 4.48. The van der Waals surface area contributed by atoms with Crippen LogP contribution in [0.3, 0.4) is 0 Å². The third kappa shape index (κ3) is 2.88. The Bertz CT molecular complexity index is 643. The van der Waals surface area contributed by atoms with Crippen LogP contribution in [0.2, 0.25) is 0 Å². The summed E-state index contributed by atoms with van der Waals surface area (Å²) in [5.41, 5.74) is 0.885. The Labute approximate surface area is 123 Å². The molecular weight excluding hydrogens is 331 g/mol. The molecule has 0 amide bonds. The topological polar surface area (TPSA) is 12.0 Å². The third-order valence-electron chi connectivity index (χ3n) is 3.15. The van der Waals surface area contributed by atoms with Gasteiger partial charge in [0.2, 0.25) is 0 Å². The van der Waals surface area contributed by atoms with Crippen LogP contribution in [0.25, 0.3) is 0 Å². The molecule has 20 heavy (non-hydrogen) atoms. The second-order valence-corrected chi connectivity index (χ2v) is 5.36. The van der Waals surface area contributed by atoms with Crippen LogP contribution in [0.5, 0.6) is 0 Å². The Hall–Kier alpha value is -1.33. The van der Waals surface area contributed by atoms with Crippen molar-refractivity contribution in [3.05, 3.63) is 68.9 Å². The smallest absolute Gasteiger partial charge is 0.128 e. The van der Waals surface area contributed by atoms with E-state index in [-0.39, 0.29) is 11.1 Å². The lowest BCUT2D eigenvalue weighted by atomic mass is 9.97. The van der Waals surface area contributed by atoms with Crippen molar-refractivity contribution in [1.82, 2.24) is 5.32 Å².